The second kappa shape index (κ2) is 8.07. The lowest BCUT2D eigenvalue weighted by Crippen LogP contribution is -2.45. The van der Waals surface area contributed by atoms with Crippen molar-refractivity contribution in [3.05, 3.63) is 117 Å². The molecule has 29 heavy (non-hydrogen) atoms. The molecule has 0 saturated carbocycles. The molecule has 2 aromatic carbocycles. The van der Waals surface area contributed by atoms with E-state index in [1.807, 2.05) is 36.4 Å². The van der Waals surface area contributed by atoms with Crippen molar-refractivity contribution in [1.29, 1.82) is 0 Å². The first-order valence-electron chi connectivity index (χ1n) is 9.79. The van der Waals surface area contributed by atoms with E-state index in [2.05, 4.69) is 64.6 Å². The number of piperidine rings is 1. The molecule has 144 valence electrons. The van der Waals surface area contributed by atoms with Gasteiger partial charge in [0.25, 0.3) is 0 Å². The van der Waals surface area contributed by atoms with E-state index in [4.69, 9.17) is 0 Å². The minimum atomic E-state index is -0.212. The zero-order valence-corrected chi connectivity index (χ0v) is 17.4. The van der Waals surface area contributed by atoms with E-state index in [0.717, 1.165) is 11.1 Å². The number of rotatable bonds is 4. The number of carbonyl (C=O) groups excluding carboxylic acids is 1. The number of nitrogens with one attached hydrogen (secondary N) is 1. The zero-order valence-electron chi connectivity index (χ0n) is 15.8. The van der Waals surface area contributed by atoms with Crippen molar-refractivity contribution in [1.82, 2.24) is 5.32 Å². The summed E-state index contributed by atoms with van der Waals surface area (Å²) < 4.78 is 0. The number of benzene rings is 2. The Labute approximate surface area is 178 Å². The van der Waals surface area contributed by atoms with Crippen LogP contribution in [0.15, 0.2) is 95.7 Å². The number of hydrogen-bond acceptors (Lipinski definition) is 4. The fourth-order valence-electron chi connectivity index (χ4n) is 4.37. The van der Waals surface area contributed by atoms with Crippen LogP contribution in [-0.2, 0) is 4.79 Å². The van der Waals surface area contributed by atoms with Crippen molar-refractivity contribution >= 4 is 28.5 Å². The van der Waals surface area contributed by atoms with Gasteiger partial charge in [0.1, 0.15) is 0 Å². The van der Waals surface area contributed by atoms with Gasteiger partial charge in [-0.2, -0.15) is 0 Å². The quantitative estimate of drug-likeness (QED) is 0.422. The summed E-state index contributed by atoms with van der Waals surface area (Å²) in [6, 6.07) is 28.8. The molecule has 4 heteroatoms. The van der Waals surface area contributed by atoms with Gasteiger partial charge in [0.15, 0.2) is 5.78 Å². The summed E-state index contributed by atoms with van der Waals surface area (Å²) >= 11 is 3.43. The van der Waals surface area contributed by atoms with Gasteiger partial charge >= 0.3 is 0 Å². The number of carbonyl (C=O) groups is 1. The van der Waals surface area contributed by atoms with Crippen LogP contribution in [0.5, 0.6) is 0 Å². The summed E-state index contributed by atoms with van der Waals surface area (Å²) in [5.74, 6) is -0.134. The molecule has 1 saturated heterocycles. The van der Waals surface area contributed by atoms with Gasteiger partial charge in [-0.15, -0.1) is 22.7 Å². The van der Waals surface area contributed by atoms with Gasteiger partial charge in [-0.1, -0.05) is 72.8 Å². The zero-order chi connectivity index (χ0) is 19.6. The SMILES string of the molecule is O=C1[C@H](c2ccccc2)[C@@H](c2cccs2)N[C@@H](c2cccs2)[C@@H]1c1ccccc1. The van der Waals surface area contributed by atoms with Gasteiger partial charge < -0.3 is 0 Å². The van der Waals surface area contributed by atoms with Crippen LogP contribution in [0.2, 0.25) is 0 Å². The van der Waals surface area contributed by atoms with Crippen LogP contribution in [-0.4, -0.2) is 5.78 Å². The topological polar surface area (TPSA) is 29.1 Å². The van der Waals surface area contributed by atoms with Crippen molar-refractivity contribution in [3.8, 4) is 0 Å². The fraction of sp³-hybridized carbons (Fsp3) is 0.160. The first-order valence-corrected chi connectivity index (χ1v) is 11.6. The molecule has 0 radical (unpaired) electrons. The largest absolute Gasteiger partial charge is 0.300 e. The molecule has 4 aromatic rings. The van der Waals surface area contributed by atoms with E-state index in [0.29, 0.717) is 0 Å². The molecule has 1 fully saturated rings. The summed E-state index contributed by atoms with van der Waals surface area (Å²) in [5, 5.41) is 8.07. The number of Topliss-reactive ketones (excluding diaryl/α,β-unsaturated/α-hetero) is 1. The minimum Gasteiger partial charge on any atom is -0.300 e. The van der Waals surface area contributed by atoms with Crippen molar-refractivity contribution in [2.24, 2.45) is 0 Å². The Morgan fingerprint density at radius 2 is 1.03 bits per heavy atom. The second-order valence-electron chi connectivity index (χ2n) is 7.33. The van der Waals surface area contributed by atoms with Gasteiger partial charge in [0.2, 0.25) is 0 Å². The van der Waals surface area contributed by atoms with Crippen LogP contribution in [0.4, 0.5) is 0 Å². The average molecular weight is 416 g/mol. The summed E-state index contributed by atoms with van der Waals surface area (Å²) in [6.07, 6.45) is 0. The average Bonchev–Trinajstić information content (AvgIpc) is 3.49. The Bertz CT molecular complexity index is 973. The standard InChI is InChI=1S/C25H21NOS2/c27-25-21(17-9-3-1-4-10-17)23(19-13-7-15-28-19)26-24(20-14-8-16-29-20)22(25)18-11-5-2-6-12-18/h1-16,21-24,26H/t21-,22+,23-,24+. The third-order valence-corrected chi connectivity index (χ3v) is 7.57. The van der Waals surface area contributed by atoms with Crippen LogP contribution >= 0.6 is 22.7 Å². The van der Waals surface area contributed by atoms with E-state index in [9.17, 15) is 4.79 Å². The Balaban J connectivity index is 1.66. The Kier molecular flexibility index (Phi) is 5.15. The first kappa shape index (κ1) is 18.5. The fourth-order valence-corrected chi connectivity index (χ4v) is 6.02. The highest BCUT2D eigenvalue weighted by Crippen LogP contribution is 2.48. The Morgan fingerprint density at radius 3 is 1.41 bits per heavy atom. The van der Waals surface area contributed by atoms with E-state index >= 15 is 0 Å². The highest BCUT2D eigenvalue weighted by atomic mass is 32.1. The molecular weight excluding hydrogens is 394 g/mol. The van der Waals surface area contributed by atoms with Crippen LogP contribution < -0.4 is 5.32 Å². The van der Waals surface area contributed by atoms with E-state index in [-0.39, 0.29) is 29.7 Å². The van der Waals surface area contributed by atoms with Crippen molar-refractivity contribution in [3.63, 3.8) is 0 Å². The van der Waals surface area contributed by atoms with E-state index in [1.165, 1.54) is 9.75 Å². The summed E-state index contributed by atoms with van der Waals surface area (Å²) in [6.45, 7) is 0. The van der Waals surface area contributed by atoms with Crippen molar-refractivity contribution in [2.45, 2.75) is 23.9 Å². The molecule has 0 amide bonds. The van der Waals surface area contributed by atoms with Crippen LogP contribution in [0.3, 0.4) is 0 Å². The second-order valence-corrected chi connectivity index (χ2v) is 9.29. The third-order valence-electron chi connectivity index (χ3n) is 5.66. The summed E-state index contributed by atoms with van der Waals surface area (Å²) in [7, 11) is 0. The highest BCUT2D eigenvalue weighted by Gasteiger charge is 2.46. The molecule has 0 unspecified atom stereocenters. The molecule has 1 aliphatic heterocycles. The van der Waals surface area contributed by atoms with Gasteiger partial charge in [0, 0.05) is 9.75 Å². The van der Waals surface area contributed by atoms with E-state index < -0.39 is 0 Å². The van der Waals surface area contributed by atoms with Crippen LogP contribution in [0.1, 0.15) is 44.8 Å². The lowest BCUT2D eigenvalue weighted by Gasteiger charge is -2.41. The molecule has 4 atom stereocenters. The van der Waals surface area contributed by atoms with Crippen molar-refractivity contribution in [2.75, 3.05) is 0 Å². The Morgan fingerprint density at radius 1 is 0.586 bits per heavy atom. The molecule has 0 aliphatic carbocycles. The molecule has 0 spiro atoms. The predicted molar refractivity (Wildman–Crippen MR) is 121 cm³/mol. The lowest BCUT2D eigenvalue weighted by atomic mass is 9.72. The molecule has 2 aromatic heterocycles. The first-order chi connectivity index (χ1) is 14.3. The van der Waals surface area contributed by atoms with Crippen molar-refractivity contribution < 1.29 is 4.79 Å². The number of thiophene rings is 2. The lowest BCUT2D eigenvalue weighted by molar-refractivity contribution is -0.125. The maximum atomic E-state index is 14.1. The number of hydrogen-bond donors (Lipinski definition) is 1. The Hall–Kier alpha value is -2.53. The summed E-state index contributed by atoms with van der Waals surface area (Å²) in [5.41, 5.74) is 2.16. The maximum absolute atomic E-state index is 14.1. The number of ketones is 1. The maximum Gasteiger partial charge on any atom is 0.151 e. The minimum absolute atomic E-state index is 0.0306. The molecule has 1 N–H and O–H groups in total. The summed E-state index contributed by atoms with van der Waals surface area (Å²) in [4.78, 5) is 16.5. The monoisotopic (exact) mass is 415 g/mol. The molecule has 3 heterocycles. The highest BCUT2D eigenvalue weighted by molar-refractivity contribution is 7.10. The molecular formula is C25H21NOS2. The van der Waals surface area contributed by atoms with Gasteiger partial charge in [0.05, 0.1) is 23.9 Å². The van der Waals surface area contributed by atoms with E-state index in [1.54, 1.807) is 22.7 Å². The molecule has 0 bridgehead atoms. The third kappa shape index (κ3) is 3.48. The van der Waals surface area contributed by atoms with Gasteiger partial charge in [-0.05, 0) is 34.0 Å². The van der Waals surface area contributed by atoms with Gasteiger partial charge in [-0.25, -0.2) is 0 Å². The molecule has 2 nitrogen and oxygen atoms in total. The smallest absolute Gasteiger partial charge is 0.151 e. The molecule has 1 aliphatic rings. The van der Waals surface area contributed by atoms with Crippen LogP contribution in [0.25, 0.3) is 0 Å². The predicted octanol–water partition coefficient (Wildman–Crippen LogP) is 6.33. The van der Waals surface area contributed by atoms with Gasteiger partial charge in [-0.3, -0.25) is 10.1 Å². The molecule has 5 rings (SSSR count). The van der Waals surface area contributed by atoms with Crippen LogP contribution in [0, 0.1) is 0 Å². The normalized spacial score (nSPS) is 24.5.